The number of aryl methyl sites for hydroxylation is 4. The van der Waals surface area contributed by atoms with Gasteiger partial charge in [0, 0.05) is 16.0 Å². The highest BCUT2D eigenvalue weighted by molar-refractivity contribution is 8.00. The van der Waals surface area contributed by atoms with Crippen LogP contribution in [0.15, 0.2) is 29.6 Å². The molecule has 1 aliphatic carbocycles. The van der Waals surface area contributed by atoms with Gasteiger partial charge in [0.1, 0.15) is 16.2 Å². The molecular formula is C21H23N3OS2. The lowest BCUT2D eigenvalue weighted by Gasteiger charge is -2.13. The van der Waals surface area contributed by atoms with E-state index in [-0.39, 0.29) is 5.91 Å². The molecule has 1 aromatic carbocycles. The summed E-state index contributed by atoms with van der Waals surface area (Å²) in [7, 11) is 0. The molecule has 3 aromatic rings. The molecular weight excluding hydrogens is 374 g/mol. The van der Waals surface area contributed by atoms with Crippen molar-refractivity contribution in [3.63, 3.8) is 0 Å². The summed E-state index contributed by atoms with van der Waals surface area (Å²) in [6.07, 6.45) is 7.26. The van der Waals surface area contributed by atoms with Crippen LogP contribution in [0, 0.1) is 6.92 Å². The number of anilines is 1. The predicted octanol–water partition coefficient (Wildman–Crippen LogP) is 5.17. The minimum absolute atomic E-state index is 0.0138. The molecule has 0 saturated carbocycles. The van der Waals surface area contributed by atoms with E-state index in [0.717, 1.165) is 40.4 Å². The van der Waals surface area contributed by atoms with Crippen LogP contribution >= 0.6 is 23.1 Å². The maximum Gasteiger partial charge on any atom is 0.234 e. The quantitative estimate of drug-likeness (QED) is 0.476. The van der Waals surface area contributed by atoms with Gasteiger partial charge >= 0.3 is 0 Å². The molecule has 0 aliphatic heterocycles. The molecule has 27 heavy (non-hydrogen) atoms. The van der Waals surface area contributed by atoms with Gasteiger partial charge in [-0.3, -0.25) is 4.79 Å². The SMILES string of the molecule is CCc1cccc(C)c1NC(=O)CSc1ncnc2sc3c(c12)CCCC3. The predicted molar refractivity (Wildman–Crippen MR) is 114 cm³/mol. The van der Waals surface area contributed by atoms with E-state index in [9.17, 15) is 4.79 Å². The molecule has 0 bridgehead atoms. The van der Waals surface area contributed by atoms with Gasteiger partial charge in [0.15, 0.2) is 0 Å². The number of hydrogen-bond acceptors (Lipinski definition) is 5. The Morgan fingerprint density at radius 1 is 1.26 bits per heavy atom. The number of benzene rings is 1. The number of aromatic nitrogens is 2. The number of amides is 1. The molecule has 4 rings (SSSR count). The zero-order valence-electron chi connectivity index (χ0n) is 15.7. The van der Waals surface area contributed by atoms with Crippen LogP contribution in [0.4, 0.5) is 5.69 Å². The number of thiophene rings is 1. The summed E-state index contributed by atoms with van der Waals surface area (Å²) in [5.41, 5.74) is 4.64. The molecule has 1 aliphatic rings. The van der Waals surface area contributed by atoms with Gasteiger partial charge in [-0.05, 0) is 55.7 Å². The van der Waals surface area contributed by atoms with Crippen molar-refractivity contribution in [3.05, 3.63) is 46.1 Å². The van der Waals surface area contributed by atoms with E-state index in [0.29, 0.717) is 5.75 Å². The first-order valence-electron chi connectivity index (χ1n) is 9.43. The summed E-state index contributed by atoms with van der Waals surface area (Å²) >= 11 is 3.31. The van der Waals surface area contributed by atoms with Crippen molar-refractivity contribution < 1.29 is 4.79 Å². The highest BCUT2D eigenvalue weighted by atomic mass is 32.2. The van der Waals surface area contributed by atoms with Crippen LogP contribution in [0.3, 0.4) is 0 Å². The average Bonchev–Trinajstić information content (AvgIpc) is 3.07. The number of carbonyl (C=O) groups excluding carboxylic acids is 1. The van der Waals surface area contributed by atoms with Gasteiger partial charge < -0.3 is 5.32 Å². The highest BCUT2D eigenvalue weighted by Crippen LogP contribution is 2.39. The van der Waals surface area contributed by atoms with E-state index in [1.165, 1.54) is 46.0 Å². The molecule has 0 fully saturated rings. The lowest BCUT2D eigenvalue weighted by Crippen LogP contribution is -2.16. The van der Waals surface area contributed by atoms with E-state index in [4.69, 9.17) is 0 Å². The average molecular weight is 398 g/mol. The molecule has 2 heterocycles. The first-order chi connectivity index (χ1) is 13.2. The Kier molecular flexibility index (Phi) is 5.45. The fourth-order valence-corrected chi connectivity index (χ4v) is 5.80. The third kappa shape index (κ3) is 3.73. The Labute approximate surface area is 167 Å². The molecule has 1 amide bonds. The van der Waals surface area contributed by atoms with Crippen molar-refractivity contribution in [3.8, 4) is 0 Å². The summed E-state index contributed by atoms with van der Waals surface area (Å²) in [5, 5.41) is 5.22. The van der Waals surface area contributed by atoms with Crippen LogP contribution in [-0.4, -0.2) is 21.6 Å². The fraction of sp³-hybridized carbons (Fsp3) is 0.381. The topological polar surface area (TPSA) is 54.9 Å². The van der Waals surface area contributed by atoms with E-state index in [2.05, 4.69) is 28.3 Å². The molecule has 2 aromatic heterocycles. The molecule has 0 spiro atoms. The summed E-state index contributed by atoms with van der Waals surface area (Å²) in [6, 6.07) is 6.14. The molecule has 140 valence electrons. The fourth-order valence-electron chi connectivity index (χ4n) is 3.68. The number of rotatable bonds is 5. The molecule has 4 nitrogen and oxygen atoms in total. The first kappa shape index (κ1) is 18.4. The third-order valence-corrected chi connectivity index (χ3v) is 7.25. The Hall–Kier alpha value is -1.92. The number of carbonyl (C=O) groups is 1. The zero-order chi connectivity index (χ0) is 18.8. The second-order valence-electron chi connectivity index (χ2n) is 6.87. The van der Waals surface area contributed by atoms with Gasteiger partial charge in [0.05, 0.1) is 5.75 Å². The van der Waals surface area contributed by atoms with Gasteiger partial charge in [-0.1, -0.05) is 36.9 Å². The van der Waals surface area contributed by atoms with E-state index in [1.54, 1.807) is 17.7 Å². The summed E-state index contributed by atoms with van der Waals surface area (Å²) in [5.74, 6) is 0.369. The van der Waals surface area contributed by atoms with Gasteiger partial charge in [-0.2, -0.15) is 0 Å². The second kappa shape index (κ2) is 7.98. The number of fused-ring (bicyclic) bond motifs is 3. The smallest absolute Gasteiger partial charge is 0.234 e. The maximum atomic E-state index is 12.6. The Balaban J connectivity index is 1.52. The van der Waals surface area contributed by atoms with Crippen molar-refractivity contribution in [2.45, 2.75) is 51.0 Å². The number of nitrogens with zero attached hydrogens (tertiary/aromatic N) is 2. The van der Waals surface area contributed by atoms with Crippen LogP contribution in [0.2, 0.25) is 0 Å². The van der Waals surface area contributed by atoms with Crippen molar-refractivity contribution in [2.24, 2.45) is 0 Å². The van der Waals surface area contributed by atoms with Crippen LogP contribution in [0.1, 0.15) is 41.3 Å². The molecule has 0 unspecified atom stereocenters. The van der Waals surface area contributed by atoms with Gasteiger partial charge in [-0.25, -0.2) is 9.97 Å². The first-order valence-corrected chi connectivity index (χ1v) is 11.2. The number of para-hydroxylation sites is 1. The lowest BCUT2D eigenvalue weighted by molar-refractivity contribution is -0.113. The largest absolute Gasteiger partial charge is 0.325 e. The second-order valence-corrected chi connectivity index (χ2v) is 8.92. The van der Waals surface area contributed by atoms with E-state index < -0.39 is 0 Å². The molecule has 0 radical (unpaired) electrons. The van der Waals surface area contributed by atoms with Crippen molar-refractivity contribution in [2.75, 3.05) is 11.1 Å². The lowest BCUT2D eigenvalue weighted by atomic mass is 9.97. The maximum absolute atomic E-state index is 12.6. The number of hydrogen-bond donors (Lipinski definition) is 1. The zero-order valence-corrected chi connectivity index (χ0v) is 17.3. The Morgan fingerprint density at radius 2 is 2.11 bits per heavy atom. The highest BCUT2D eigenvalue weighted by Gasteiger charge is 2.20. The summed E-state index contributed by atoms with van der Waals surface area (Å²) < 4.78 is 0. The summed E-state index contributed by atoms with van der Waals surface area (Å²) in [6.45, 7) is 4.14. The monoisotopic (exact) mass is 397 g/mol. The van der Waals surface area contributed by atoms with Crippen molar-refractivity contribution in [1.29, 1.82) is 0 Å². The number of nitrogens with one attached hydrogen (secondary N) is 1. The van der Waals surface area contributed by atoms with E-state index >= 15 is 0 Å². The minimum Gasteiger partial charge on any atom is -0.325 e. The van der Waals surface area contributed by atoms with Crippen LogP contribution in [-0.2, 0) is 24.1 Å². The molecule has 1 N–H and O–H groups in total. The number of thioether (sulfide) groups is 1. The molecule has 0 atom stereocenters. The minimum atomic E-state index is 0.0138. The molecule has 6 heteroatoms. The van der Waals surface area contributed by atoms with Crippen LogP contribution in [0.5, 0.6) is 0 Å². The normalized spacial score (nSPS) is 13.6. The van der Waals surface area contributed by atoms with E-state index in [1.807, 2.05) is 19.1 Å². The Bertz CT molecular complexity index is 997. The van der Waals surface area contributed by atoms with Gasteiger partial charge in [-0.15, -0.1) is 11.3 Å². The van der Waals surface area contributed by atoms with Gasteiger partial charge in [0.2, 0.25) is 5.91 Å². The van der Waals surface area contributed by atoms with Crippen molar-refractivity contribution >= 4 is 44.9 Å². The van der Waals surface area contributed by atoms with Gasteiger partial charge in [0.25, 0.3) is 0 Å². The standard InChI is InChI=1S/C21H23N3OS2/c1-3-14-8-6-7-13(2)19(14)24-17(25)11-26-20-18-15-9-4-5-10-16(15)27-21(18)23-12-22-20/h6-8,12H,3-5,9-11H2,1-2H3,(H,24,25). The summed E-state index contributed by atoms with van der Waals surface area (Å²) in [4.78, 5) is 24.1. The van der Waals surface area contributed by atoms with Crippen LogP contribution < -0.4 is 5.32 Å². The molecule has 0 saturated heterocycles. The van der Waals surface area contributed by atoms with Crippen LogP contribution in [0.25, 0.3) is 10.2 Å². The van der Waals surface area contributed by atoms with Crippen molar-refractivity contribution in [1.82, 2.24) is 9.97 Å². The Morgan fingerprint density at radius 3 is 2.96 bits per heavy atom. The third-order valence-electron chi connectivity index (χ3n) is 5.06.